The molecule has 3 rings (SSSR count). The molecule has 0 aromatic heterocycles. The molecule has 0 fully saturated rings. The van der Waals surface area contributed by atoms with Gasteiger partial charge in [0.25, 0.3) is 5.91 Å². The van der Waals surface area contributed by atoms with Gasteiger partial charge in [0.15, 0.2) is 11.6 Å². The molecule has 24 heavy (non-hydrogen) atoms. The minimum absolute atomic E-state index is 0.0822. The predicted octanol–water partition coefficient (Wildman–Crippen LogP) is 3.49. The number of hydrogen-bond donors (Lipinski definition) is 2. The highest BCUT2D eigenvalue weighted by Crippen LogP contribution is 2.24. The molecule has 1 amide bonds. The summed E-state index contributed by atoms with van der Waals surface area (Å²) in [6.07, 6.45) is 0. The van der Waals surface area contributed by atoms with E-state index in [4.69, 9.17) is 4.74 Å². The van der Waals surface area contributed by atoms with Crippen molar-refractivity contribution in [2.75, 3.05) is 13.2 Å². The largest absolute Gasteiger partial charge is 0.507 e. The lowest BCUT2D eigenvalue weighted by atomic mass is 10.1. The third-order valence-electron chi connectivity index (χ3n) is 3.59. The van der Waals surface area contributed by atoms with Gasteiger partial charge in [-0.05, 0) is 35.0 Å². The maximum absolute atomic E-state index is 13.4. The molecule has 3 aromatic rings. The van der Waals surface area contributed by atoms with Crippen LogP contribution in [-0.4, -0.2) is 24.2 Å². The Morgan fingerprint density at radius 1 is 1.04 bits per heavy atom. The number of para-hydroxylation sites is 1. The summed E-state index contributed by atoms with van der Waals surface area (Å²) in [5, 5.41) is 14.4. The summed E-state index contributed by atoms with van der Waals surface area (Å²) in [5.74, 6) is -0.798. The zero-order chi connectivity index (χ0) is 16.9. The number of nitrogens with one attached hydrogen (secondary N) is 1. The van der Waals surface area contributed by atoms with Crippen molar-refractivity contribution >= 4 is 16.7 Å². The topological polar surface area (TPSA) is 58.6 Å². The predicted molar refractivity (Wildman–Crippen MR) is 89.8 cm³/mol. The number of phenolic OH excluding ortho intramolecular Hbond substituents is 1. The number of hydrogen-bond acceptors (Lipinski definition) is 3. The Morgan fingerprint density at radius 2 is 1.71 bits per heavy atom. The Hall–Kier alpha value is -3.08. The molecule has 122 valence electrons. The smallest absolute Gasteiger partial charge is 0.255 e. The van der Waals surface area contributed by atoms with E-state index in [0.717, 1.165) is 10.8 Å². The zero-order valence-corrected chi connectivity index (χ0v) is 12.8. The van der Waals surface area contributed by atoms with E-state index in [-0.39, 0.29) is 30.2 Å². The van der Waals surface area contributed by atoms with E-state index in [0.29, 0.717) is 0 Å². The zero-order valence-electron chi connectivity index (χ0n) is 12.8. The van der Waals surface area contributed by atoms with E-state index < -0.39 is 11.7 Å². The first kappa shape index (κ1) is 15.8. The van der Waals surface area contributed by atoms with Crippen LogP contribution in [0.15, 0.2) is 60.7 Å². The molecule has 0 aliphatic rings. The first-order valence-electron chi connectivity index (χ1n) is 7.52. The van der Waals surface area contributed by atoms with Crippen LogP contribution in [-0.2, 0) is 0 Å². The van der Waals surface area contributed by atoms with Crippen LogP contribution in [0.3, 0.4) is 0 Å². The molecule has 0 radical (unpaired) electrons. The van der Waals surface area contributed by atoms with E-state index in [9.17, 15) is 14.3 Å². The van der Waals surface area contributed by atoms with Crippen molar-refractivity contribution in [2.45, 2.75) is 0 Å². The molecule has 0 atom stereocenters. The Morgan fingerprint density at radius 3 is 2.46 bits per heavy atom. The highest BCUT2D eigenvalue weighted by atomic mass is 19.1. The van der Waals surface area contributed by atoms with Crippen molar-refractivity contribution in [3.8, 4) is 11.5 Å². The molecule has 3 aromatic carbocycles. The van der Waals surface area contributed by atoms with Crippen molar-refractivity contribution in [3.63, 3.8) is 0 Å². The lowest BCUT2D eigenvalue weighted by molar-refractivity contribution is 0.0944. The molecule has 0 spiro atoms. The van der Waals surface area contributed by atoms with Gasteiger partial charge in [-0.1, -0.05) is 36.4 Å². The minimum Gasteiger partial charge on any atom is -0.507 e. The normalized spacial score (nSPS) is 10.5. The third kappa shape index (κ3) is 3.46. The van der Waals surface area contributed by atoms with Crippen molar-refractivity contribution < 1.29 is 19.0 Å². The van der Waals surface area contributed by atoms with Crippen molar-refractivity contribution in [2.24, 2.45) is 0 Å². The Kier molecular flexibility index (Phi) is 4.61. The summed E-state index contributed by atoms with van der Waals surface area (Å²) in [5.41, 5.74) is 0.194. The van der Waals surface area contributed by atoms with Gasteiger partial charge in [-0.2, -0.15) is 0 Å². The third-order valence-corrected chi connectivity index (χ3v) is 3.59. The highest BCUT2D eigenvalue weighted by molar-refractivity contribution is 6.01. The molecule has 0 saturated heterocycles. The Labute approximate surface area is 138 Å². The fourth-order valence-electron chi connectivity index (χ4n) is 2.39. The van der Waals surface area contributed by atoms with Crippen LogP contribution in [0.25, 0.3) is 10.8 Å². The van der Waals surface area contributed by atoms with Crippen LogP contribution >= 0.6 is 0 Å². The molecule has 0 unspecified atom stereocenters. The summed E-state index contributed by atoms with van der Waals surface area (Å²) in [7, 11) is 0. The molecule has 0 aliphatic carbocycles. The monoisotopic (exact) mass is 325 g/mol. The quantitative estimate of drug-likeness (QED) is 0.706. The lowest BCUT2D eigenvalue weighted by Gasteiger charge is -2.10. The molecule has 0 heterocycles. The second-order valence-corrected chi connectivity index (χ2v) is 5.25. The maximum Gasteiger partial charge on any atom is 0.255 e. The summed E-state index contributed by atoms with van der Waals surface area (Å²) >= 11 is 0. The van der Waals surface area contributed by atoms with E-state index in [2.05, 4.69) is 5.32 Å². The number of benzene rings is 3. The average Bonchev–Trinajstić information content (AvgIpc) is 2.59. The first-order valence-corrected chi connectivity index (χ1v) is 7.52. The second kappa shape index (κ2) is 7.00. The highest BCUT2D eigenvalue weighted by Gasteiger charge is 2.12. The van der Waals surface area contributed by atoms with Crippen LogP contribution in [0.2, 0.25) is 0 Å². The van der Waals surface area contributed by atoms with Crippen LogP contribution < -0.4 is 10.1 Å². The number of carbonyl (C=O) groups is 1. The standard InChI is InChI=1S/C19H16FNO3/c20-16-7-3-4-8-18(16)24-10-9-21-19(23)15-11-13-5-1-2-6-14(13)12-17(15)22/h1-8,11-12,22H,9-10H2,(H,21,23). The van der Waals surface area contributed by atoms with Crippen molar-refractivity contribution in [1.82, 2.24) is 5.32 Å². The summed E-state index contributed by atoms with van der Waals surface area (Å²) in [4.78, 5) is 12.2. The molecule has 2 N–H and O–H groups in total. The summed E-state index contributed by atoms with van der Waals surface area (Å²) in [6.45, 7) is 0.320. The summed E-state index contributed by atoms with van der Waals surface area (Å²) in [6, 6.07) is 16.7. The second-order valence-electron chi connectivity index (χ2n) is 5.25. The van der Waals surface area contributed by atoms with Gasteiger partial charge in [-0.3, -0.25) is 4.79 Å². The molecule has 0 aliphatic heterocycles. The molecule has 0 saturated carbocycles. The van der Waals surface area contributed by atoms with Crippen molar-refractivity contribution in [1.29, 1.82) is 0 Å². The van der Waals surface area contributed by atoms with Gasteiger partial charge in [0.2, 0.25) is 0 Å². The number of halogens is 1. The van der Waals surface area contributed by atoms with E-state index in [1.54, 1.807) is 24.3 Å². The Balaban J connectivity index is 1.61. The number of ether oxygens (including phenoxy) is 1. The minimum atomic E-state index is -0.448. The van der Waals surface area contributed by atoms with Crippen molar-refractivity contribution in [3.05, 3.63) is 72.0 Å². The number of rotatable bonds is 5. The molecule has 4 nitrogen and oxygen atoms in total. The number of fused-ring (bicyclic) bond motifs is 1. The van der Waals surface area contributed by atoms with Gasteiger partial charge in [0.05, 0.1) is 12.1 Å². The molecule has 0 bridgehead atoms. The first-order chi connectivity index (χ1) is 11.6. The van der Waals surface area contributed by atoms with Crippen LogP contribution in [0.5, 0.6) is 11.5 Å². The number of carbonyl (C=O) groups excluding carboxylic acids is 1. The van der Waals surface area contributed by atoms with E-state index >= 15 is 0 Å². The molecular weight excluding hydrogens is 309 g/mol. The lowest BCUT2D eigenvalue weighted by Crippen LogP contribution is -2.28. The number of amides is 1. The van der Waals surface area contributed by atoms with Gasteiger partial charge in [-0.15, -0.1) is 0 Å². The van der Waals surface area contributed by atoms with Crippen LogP contribution in [0.1, 0.15) is 10.4 Å². The maximum atomic E-state index is 13.4. The average molecular weight is 325 g/mol. The fourth-order valence-corrected chi connectivity index (χ4v) is 2.39. The number of aromatic hydroxyl groups is 1. The van der Waals surface area contributed by atoms with Gasteiger partial charge in [0, 0.05) is 0 Å². The fraction of sp³-hybridized carbons (Fsp3) is 0.105. The van der Waals surface area contributed by atoms with E-state index in [1.807, 2.05) is 24.3 Å². The SMILES string of the molecule is O=C(NCCOc1ccccc1F)c1cc2ccccc2cc1O. The Bertz CT molecular complexity index is 879. The number of phenols is 1. The van der Waals surface area contributed by atoms with E-state index in [1.165, 1.54) is 12.1 Å². The van der Waals surface area contributed by atoms with Gasteiger partial charge < -0.3 is 15.2 Å². The van der Waals surface area contributed by atoms with Crippen LogP contribution in [0, 0.1) is 5.82 Å². The van der Waals surface area contributed by atoms with Gasteiger partial charge in [0.1, 0.15) is 12.4 Å². The molecular formula is C19H16FNO3. The van der Waals surface area contributed by atoms with Crippen LogP contribution in [0.4, 0.5) is 4.39 Å². The van der Waals surface area contributed by atoms with Gasteiger partial charge >= 0.3 is 0 Å². The van der Waals surface area contributed by atoms with Gasteiger partial charge in [-0.25, -0.2) is 4.39 Å². The molecule has 5 heteroatoms. The summed E-state index contributed by atoms with van der Waals surface area (Å²) < 4.78 is 18.7.